The summed E-state index contributed by atoms with van der Waals surface area (Å²) in [6, 6.07) is 9.98. The van der Waals surface area contributed by atoms with Crippen LogP contribution in [-0.2, 0) is 4.74 Å². The first-order valence-electron chi connectivity index (χ1n) is 11.6. The van der Waals surface area contributed by atoms with E-state index in [1.807, 2.05) is 40.9 Å². The van der Waals surface area contributed by atoms with Crippen LogP contribution in [0.2, 0.25) is 0 Å². The van der Waals surface area contributed by atoms with E-state index in [0.29, 0.717) is 31.2 Å². The van der Waals surface area contributed by atoms with Gasteiger partial charge in [0.25, 0.3) is 0 Å². The van der Waals surface area contributed by atoms with E-state index in [9.17, 15) is 4.79 Å². The van der Waals surface area contributed by atoms with Crippen LogP contribution in [0.5, 0.6) is 0 Å². The van der Waals surface area contributed by atoms with Gasteiger partial charge in [-0.25, -0.2) is 14.8 Å². The smallest absolute Gasteiger partial charge is 0.409 e. The second-order valence-electron chi connectivity index (χ2n) is 10.2. The minimum atomic E-state index is -0.247. The van der Waals surface area contributed by atoms with Gasteiger partial charge in [0.1, 0.15) is 22.9 Å². The quantitative estimate of drug-likeness (QED) is 0.445. The number of carbonyl (C=O) groups excluding carboxylic acids is 1. The van der Waals surface area contributed by atoms with Crippen LogP contribution in [0.15, 0.2) is 42.7 Å². The number of piperidine rings is 1. The Bertz CT molecular complexity index is 1360. The van der Waals surface area contributed by atoms with Gasteiger partial charge in [-0.15, -0.1) is 0 Å². The lowest BCUT2D eigenvalue weighted by atomic mass is 9.96. The van der Waals surface area contributed by atoms with Gasteiger partial charge in [0, 0.05) is 36.8 Å². The monoisotopic (exact) mass is 461 g/mol. The largest absolute Gasteiger partial charge is 0.449 e. The number of nitrogens with two attached hydrogens (primary N) is 2. The Morgan fingerprint density at radius 3 is 2.65 bits per heavy atom. The Balaban J connectivity index is 1.45. The van der Waals surface area contributed by atoms with Gasteiger partial charge in [-0.05, 0) is 30.4 Å². The molecule has 0 saturated carbocycles. The maximum Gasteiger partial charge on any atom is 0.409 e. The first kappa shape index (κ1) is 22.1. The zero-order valence-corrected chi connectivity index (χ0v) is 19.9. The molecular formula is C25H31N7O2. The summed E-state index contributed by atoms with van der Waals surface area (Å²) in [5.41, 5.74) is 9.43. The minimum absolute atomic E-state index is 0.0570. The number of para-hydroxylation sites is 1. The fourth-order valence-electron chi connectivity index (χ4n) is 4.60. The SMILES string of the molecule is CC(C)(C)COC(=O)N1CCC(c2nc(-c3cc4ccccc4n3N)c3c(N)nccn23)CC1. The van der Waals surface area contributed by atoms with Gasteiger partial charge in [0.15, 0.2) is 0 Å². The zero-order chi connectivity index (χ0) is 24.0. The van der Waals surface area contributed by atoms with E-state index in [-0.39, 0.29) is 17.4 Å². The number of benzene rings is 1. The Labute approximate surface area is 198 Å². The van der Waals surface area contributed by atoms with Gasteiger partial charge >= 0.3 is 6.09 Å². The summed E-state index contributed by atoms with van der Waals surface area (Å²) < 4.78 is 9.18. The number of carbonyl (C=O) groups is 1. The van der Waals surface area contributed by atoms with E-state index < -0.39 is 0 Å². The van der Waals surface area contributed by atoms with E-state index in [2.05, 4.69) is 25.8 Å². The van der Waals surface area contributed by atoms with E-state index in [4.69, 9.17) is 21.3 Å². The van der Waals surface area contributed by atoms with Crippen molar-refractivity contribution < 1.29 is 9.53 Å². The van der Waals surface area contributed by atoms with Gasteiger partial charge in [-0.2, -0.15) is 0 Å². The Morgan fingerprint density at radius 1 is 1.21 bits per heavy atom. The van der Waals surface area contributed by atoms with Gasteiger partial charge in [0.05, 0.1) is 17.8 Å². The van der Waals surface area contributed by atoms with Crippen molar-refractivity contribution >= 4 is 28.3 Å². The van der Waals surface area contributed by atoms with Crippen LogP contribution < -0.4 is 11.6 Å². The Kier molecular flexibility index (Phi) is 5.34. The number of imidazole rings is 1. The highest BCUT2D eigenvalue weighted by molar-refractivity contribution is 5.92. The van der Waals surface area contributed by atoms with E-state index >= 15 is 0 Å². The highest BCUT2D eigenvalue weighted by Crippen LogP contribution is 2.36. The third-order valence-corrected chi connectivity index (χ3v) is 6.35. The van der Waals surface area contributed by atoms with Crippen molar-refractivity contribution in [2.75, 3.05) is 31.3 Å². The number of hydrogen-bond acceptors (Lipinski definition) is 6. The number of amides is 1. The molecule has 5 rings (SSSR count). The van der Waals surface area contributed by atoms with Crippen LogP contribution in [0.3, 0.4) is 0 Å². The average Bonchev–Trinajstić information content (AvgIpc) is 3.36. The fraction of sp³-hybridized carbons (Fsp3) is 0.400. The summed E-state index contributed by atoms with van der Waals surface area (Å²) >= 11 is 0. The van der Waals surface area contributed by atoms with Crippen molar-refractivity contribution in [3.8, 4) is 11.4 Å². The Morgan fingerprint density at radius 2 is 1.94 bits per heavy atom. The highest BCUT2D eigenvalue weighted by atomic mass is 16.6. The van der Waals surface area contributed by atoms with Crippen molar-refractivity contribution in [3.05, 3.63) is 48.5 Å². The standard InChI is InChI=1S/C25H31N7O2/c1-25(2,3)15-34-24(33)30-11-8-16(9-12-30)23-29-20(21-22(26)28-10-13-31(21)23)19-14-17-6-4-5-7-18(17)32(19)27/h4-7,10,13-14,16H,8-9,11-12,15,27H2,1-3H3,(H2,26,28). The number of anilines is 1. The van der Waals surface area contributed by atoms with Crippen molar-refractivity contribution in [2.24, 2.45) is 5.41 Å². The van der Waals surface area contributed by atoms with Gasteiger partial charge in [-0.3, -0.25) is 9.08 Å². The normalized spacial score (nSPS) is 15.3. The lowest BCUT2D eigenvalue weighted by molar-refractivity contribution is 0.0651. The molecular weight excluding hydrogens is 430 g/mol. The van der Waals surface area contributed by atoms with E-state index in [1.54, 1.807) is 15.8 Å². The molecule has 0 atom stereocenters. The molecule has 0 bridgehead atoms. The molecule has 1 aliphatic rings. The summed E-state index contributed by atoms with van der Waals surface area (Å²) in [6.45, 7) is 7.79. The third-order valence-electron chi connectivity index (χ3n) is 6.35. The highest BCUT2D eigenvalue weighted by Gasteiger charge is 2.30. The molecule has 0 spiro atoms. The van der Waals surface area contributed by atoms with Crippen LogP contribution in [0.1, 0.15) is 45.4 Å². The molecule has 0 radical (unpaired) electrons. The molecule has 9 nitrogen and oxygen atoms in total. The molecule has 1 aromatic carbocycles. The number of rotatable bonds is 3. The van der Waals surface area contributed by atoms with Crippen molar-refractivity contribution in [1.82, 2.24) is 23.9 Å². The number of nitrogens with zero attached hydrogens (tertiary/aromatic N) is 5. The van der Waals surface area contributed by atoms with Crippen LogP contribution in [0.4, 0.5) is 10.6 Å². The summed E-state index contributed by atoms with van der Waals surface area (Å²) in [7, 11) is 0. The van der Waals surface area contributed by atoms with Gasteiger partial charge in [0.2, 0.25) is 0 Å². The minimum Gasteiger partial charge on any atom is -0.449 e. The third kappa shape index (κ3) is 3.91. The molecule has 1 saturated heterocycles. The van der Waals surface area contributed by atoms with Gasteiger partial charge < -0.3 is 21.2 Å². The van der Waals surface area contributed by atoms with E-state index in [1.165, 1.54) is 0 Å². The maximum atomic E-state index is 12.5. The van der Waals surface area contributed by atoms with Crippen molar-refractivity contribution in [3.63, 3.8) is 0 Å². The molecule has 0 unspecified atom stereocenters. The number of nitrogen functional groups attached to an aromatic ring is 2. The van der Waals surface area contributed by atoms with Gasteiger partial charge in [-0.1, -0.05) is 39.0 Å². The first-order chi connectivity index (χ1) is 16.2. The molecule has 4 aromatic rings. The predicted molar refractivity (Wildman–Crippen MR) is 133 cm³/mol. The summed E-state index contributed by atoms with van der Waals surface area (Å²) in [4.78, 5) is 23.6. The maximum absolute atomic E-state index is 12.5. The van der Waals surface area contributed by atoms with Crippen LogP contribution in [-0.4, -0.2) is 49.7 Å². The average molecular weight is 462 g/mol. The predicted octanol–water partition coefficient (Wildman–Crippen LogP) is 4.01. The molecule has 9 heteroatoms. The summed E-state index contributed by atoms with van der Waals surface area (Å²) in [5, 5.41) is 1.03. The molecule has 3 aromatic heterocycles. The van der Waals surface area contributed by atoms with Crippen molar-refractivity contribution in [1.29, 1.82) is 0 Å². The topological polar surface area (TPSA) is 117 Å². The number of ether oxygens (including phenoxy) is 1. The number of fused-ring (bicyclic) bond motifs is 2. The molecule has 0 aliphatic carbocycles. The Hall–Kier alpha value is -3.75. The number of hydrogen-bond donors (Lipinski definition) is 2. The summed E-state index contributed by atoms with van der Waals surface area (Å²) in [6.07, 6.45) is 4.91. The number of aromatic nitrogens is 4. The second kappa shape index (κ2) is 8.23. The molecule has 4 heterocycles. The fourth-order valence-corrected chi connectivity index (χ4v) is 4.60. The van der Waals surface area contributed by atoms with Crippen LogP contribution >= 0.6 is 0 Å². The lowest BCUT2D eigenvalue weighted by Gasteiger charge is -2.31. The summed E-state index contributed by atoms with van der Waals surface area (Å²) in [5.74, 6) is 7.95. The molecule has 1 amide bonds. The van der Waals surface area contributed by atoms with Crippen LogP contribution in [0.25, 0.3) is 27.8 Å². The number of likely N-dealkylation sites (tertiary alicyclic amines) is 1. The second-order valence-corrected chi connectivity index (χ2v) is 10.2. The molecule has 1 fully saturated rings. The zero-order valence-electron chi connectivity index (χ0n) is 19.9. The molecule has 4 N–H and O–H groups in total. The molecule has 1 aliphatic heterocycles. The van der Waals surface area contributed by atoms with Crippen molar-refractivity contribution in [2.45, 2.75) is 39.5 Å². The van der Waals surface area contributed by atoms with Crippen LogP contribution in [0, 0.1) is 5.41 Å². The lowest BCUT2D eigenvalue weighted by Crippen LogP contribution is -2.39. The molecule has 178 valence electrons. The first-order valence-corrected chi connectivity index (χ1v) is 11.6. The molecule has 34 heavy (non-hydrogen) atoms. The van der Waals surface area contributed by atoms with E-state index in [0.717, 1.165) is 40.8 Å².